The fourth-order valence-electron chi connectivity index (χ4n) is 2.80. The molecule has 18 heavy (non-hydrogen) atoms. The van der Waals surface area contributed by atoms with E-state index in [4.69, 9.17) is 10.5 Å². The fourth-order valence-corrected chi connectivity index (χ4v) is 2.80. The Morgan fingerprint density at radius 1 is 1.33 bits per heavy atom. The summed E-state index contributed by atoms with van der Waals surface area (Å²) in [6.07, 6.45) is 0. The van der Waals surface area contributed by atoms with Crippen molar-refractivity contribution in [3.63, 3.8) is 0 Å². The summed E-state index contributed by atoms with van der Waals surface area (Å²) in [7, 11) is 0. The van der Waals surface area contributed by atoms with Crippen molar-refractivity contribution in [2.24, 2.45) is 11.7 Å². The van der Waals surface area contributed by atoms with Crippen LogP contribution in [0.15, 0.2) is 0 Å². The SMILES string of the molecule is CC(N)C(=O)N1CC(C)C(N2CCOCC2)C1.Cl. The summed E-state index contributed by atoms with van der Waals surface area (Å²) in [6, 6.07) is 0.0900. The Kier molecular flexibility index (Phi) is 5.85. The maximum absolute atomic E-state index is 11.9. The van der Waals surface area contributed by atoms with Crippen LogP contribution in [0.25, 0.3) is 0 Å². The molecule has 0 radical (unpaired) electrons. The van der Waals surface area contributed by atoms with Gasteiger partial charge in [-0.3, -0.25) is 9.69 Å². The molecule has 5 nitrogen and oxygen atoms in total. The van der Waals surface area contributed by atoms with Crippen molar-refractivity contribution >= 4 is 18.3 Å². The third-order valence-electron chi connectivity index (χ3n) is 3.79. The van der Waals surface area contributed by atoms with Crippen LogP contribution in [0.2, 0.25) is 0 Å². The molecule has 2 aliphatic rings. The number of halogens is 1. The van der Waals surface area contributed by atoms with Gasteiger partial charge in [0.05, 0.1) is 19.3 Å². The number of hydrogen-bond acceptors (Lipinski definition) is 4. The Labute approximate surface area is 115 Å². The minimum absolute atomic E-state index is 0. The van der Waals surface area contributed by atoms with E-state index >= 15 is 0 Å². The normalized spacial score (nSPS) is 30.9. The molecule has 0 saturated carbocycles. The third kappa shape index (κ3) is 3.35. The Balaban J connectivity index is 0.00000162. The van der Waals surface area contributed by atoms with Crippen molar-refractivity contribution in [1.29, 1.82) is 0 Å². The zero-order chi connectivity index (χ0) is 12.4. The second-order valence-corrected chi connectivity index (χ2v) is 5.22. The zero-order valence-corrected chi connectivity index (χ0v) is 12.0. The van der Waals surface area contributed by atoms with Crippen molar-refractivity contribution in [1.82, 2.24) is 9.80 Å². The van der Waals surface area contributed by atoms with E-state index in [-0.39, 0.29) is 24.4 Å². The van der Waals surface area contributed by atoms with E-state index in [2.05, 4.69) is 11.8 Å². The molecule has 0 aromatic heterocycles. The molecule has 106 valence electrons. The van der Waals surface area contributed by atoms with Crippen LogP contribution in [-0.4, -0.2) is 67.2 Å². The highest BCUT2D eigenvalue weighted by Crippen LogP contribution is 2.23. The largest absolute Gasteiger partial charge is 0.379 e. The topological polar surface area (TPSA) is 58.8 Å². The summed E-state index contributed by atoms with van der Waals surface area (Å²) in [6.45, 7) is 9.22. The van der Waals surface area contributed by atoms with Gasteiger partial charge >= 0.3 is 0 Å². The van der Waals surface area contributed by atoms with Crippen LogP contribution in [0.3, 0.4) is 0 Å². The van der Waals surface area contributed by atoms with Gasteiger partial charge in [0.25, 0.3) is 0 Å². The first-order valence-electron chi connectivity index (χ1n) is 6.45. The lowest BCUT2D eigenvalue weighted by atomic mass is 10.0. The zero-order valence-electron chi connectivity index (χ0n) is 11.2. The average molecular weight is 278 g/mol. The van der Waals surface area contributed by atoms with Crippen LogP contribution in [-0.2, 0) is 9.53 Å². The molecular formula is C12H24ClN3O2. The number of morpholine rings is 1. The van der Waals surface area contributed by atoms with Gasteiger partial charge in [-0.05, 0) is 12.8 Å². The van der Waals surface area contributed by atoms with E-state index in [1.165, 1.54) is 0 Å². The smallest absolute Gasteiger partial charge is 0.239 e. The van der Waals surface area contributed by atoms with E-state index in [9.17, 15) is 4.79 Å². The molecule has 3 unspecified atom stereocenters. The highest BCUT2D eigenvalue weighted by atomic mass is 35.5. The van der Waals surface area contributed by atoms with E-state index < -0.39 is 0 Å². The number of nitrogens with zero attached hydrogens (tertiary/aromatic N) is 2. The van der Waals surface area contributed by atoms with Gasteiger partial charge in [0.15, 0.2) is 0 Å². The average Bonchev–Trinajstić information content (AvgIpc) is 2.71. The van der Waals surface area contributed by atoms with E-state index in [1.54, 1.807) is 6.92 Å². The van der Waals surface area contributed by atoms with E-state index in [0.717, 1.165) is 39.4 Å². The second-order valence-electron chi connectivity index (χ2n) is 5.22. The van der Waals surface area contributed by atoms with Gasteiger partial charge < -0.3 is 15.4 Å². The number of ether oxygens (including phenoxy) is 1. The number of nitrogens with two attached hydrogens (primary N) is 1. The van der Waals surface area contributed by atoms with Crippen LogP contribution >= 0.6 is 12.4 Å². The molecule has 0 aromatic carbocycles. The number of likely N-dealkylation sites (tertiary alicyclic amines) is 1. The van der Waals surface area contributed by atoms with Gasteiger partial charge in [-0.2, -0.15) is 0 Å². The van der Waals surface area contributed by atoms with Gasteiger partial charge in [0.2, 0.25) is 5.91 Å². The third-order valence-corrected chi connectivity index (χ3v) is 3.79. The van der Waals surface area contributed by atoms with Crippen molar-refractivity contribution in [2.75, 3.05) is 39.4 Å². The van der Waals surface area contributed by atoms with Crippen LogP contribution < -0.4 is 5.73 Å². The maximum Gasteiger partial charge on any atom is 0.239 e. The minimum Gasteiger partial charge on any atom is -0.379 e. The molecule has 2 rings (SSSR count). The van der Waals surface area contributed by atoms with E-state index in [1.807, 2.05) is 4.90 Å². The van der Waals surface area contributed by atoms with Crippen molar-refractivity contribution in [3.8, 4) is 0 Å². The Hall–Kier alpha value is -0.360. The van der Waals surface area contributed by atoms with E-state index in [0.29, 0.717) is 12.0 Å². The summed E-state index contributed by atoms with van der Waals surface area (Å²) in [5, 5.41) is 0. The number of amides is 1. The molecule has 0 aliphatic carbocycles. The molecule has 1 amide bonds. The number of carbonyl (C=O) groups is 1. The molecular weight excluding hydrogens is 254 g/mol. The molecule has 0 aromatic rings. The Morgan fingerprint density at radius 2 is 1.94 bits per heavy atom. The van der Waals surface area contributed by atoms with Gasteiger partial charge in [-0.1, -0.05) is 6.92 Å². The molecule has 3 atom stereocenters. The predicted octanol–water partition coefficient (Wildman–Crippen LogP) is -0.0655. The van der Waals surface area contributed by atoms with Crippen molar-refractivity contribution in [3.05, 3.63) is 0 Å². The maximum atomic E-state index is 11.9. The quantitative estimate of drug-likeness (QED) is 0.768. The lowest BCUT2D eigenvalue weighted by molar-refractivity contribution is -0.131. The molecule has 6 heteroatoms. The lowest BCUT2D eigenvalue weighted by Crippen LogP contribution is -2.47. The molecule has 2 N–H and O–H groups in total. The van der Waals surface area contributed by atoms with Crippen LogP contribution in [0.4, 0.5) is 0 Å². The summed E-state index contributed by atoms with van der Waals surface area (Å²) < 4.78 is 5.36. The molecule has 0 bridgehead atoms. The summed E-state index contributed by atoms with van der Waals surface area (Å²) >= 11 is 0. The fraction of sp³-hybridized carbons (Fsp3) is 0.917. The number of carbonyl (C=O) groups excluding carboxylic acids is 1. The summed E-state index contributed by atoms with van der Waals surface area (Å²) in [4.78, 5) is 16.2. The standard InChI is InChI=1S/C12H23N3O2.ClH/c1-9-7-15(12(16)10(2)13)8-11(9)14-3-5-17-6-4-14;/h9-11H,3-8,13H2,1-2H3;1H. The lowest BCUT2D eigenvalue weighted by Gasteiger charge is -2.34. The van der Waals surface area contributed by atoms with Gasteiger partial charge in [0, 0.05) is 32.2 Å². The Bertz CT molecular complexity index is 282. The van der Waals surface area contributed by atoms with Crippen LogP contribution in [0.1, 0.15) is 13.8 Å². The van der Waals surface area contributed by atoms with Crippen LogP contribution in [0, 0.1) is 5.92 Å². The second kappa shape index (κ2) is 6.70. The first-order chi connectivity index (χ1) is 8.09. The molecule has 2 fully saturated rings. The van der Waals surface area contributed by atoms with Gasteiger partial charge in [-0.25, -0.2) is 0 Å². The number of hydrogen-bond donors (Lipinski definition) is 1. The Morgan fingerprint density at radius 3 is 2.50 bits per heavy atom. The first-order valence-corrected chi connectivity index (χ1v) is 6.45. The van der Waals surface area contributed by atoms with Gasteiger partial charge in [0.1, 0.15) is 0 Å². The molecule has 2 aliphatic heterocycles. The number of rotatable bonds is 2. The molecule has 2 heterocycles. The summed E-state index contributed by atoms with van der Waals surface area (Å²) in [5.74, 6) is 0.600. The monoisotopic (exact) mass is 277 g/mol. The molecule has 2 saturated heterocycles. The minimum atomic E-state index is -0.384. The van der Waals surface area contributed by atoms with Crippen LogP contribution in [0.5, 0.6) is 0 Å². The highest BCUT2D eigenvalue weighted by Gasteiger charge is 2.37. The first kappa shape index (κ1) is 15.7. The predicted molar refractivity (Wildman–Crippen MR) is 72.8 cm³/mol. The molecule has 0 spiro atoms. The summed E-state index contributed by atoms with van der Waals surface area (Å²) in [5.41, 5.74) is 5.66. The van der Waals surface area contributed by atoms with Gasteiger partial charge in [-0.15, -0.1) is 12.4 Å². The van der Waals surface area contributed by atoms with Crippen molar-refractivity contribution in [2.45, 2.75) is 25.9 Å². The van der Waals surface area contributed by atoms with Crippen molar-refractivity contribution < 1.29 is 9.53 Å². The highest BCUT2D eigenvalue weighted by molar-refractivity contribution is 5.85.